The lowest BCUT2D eigenvalue weighted by atomic mass is 10.1. The summed E-state index contributed by atoms with van der Waals surface area (Å²) in [4.78, 5) is 26.3. The number of ether oxygens (including phenoxy) is 1. The van der Waals surface area contributed by atoms with Crippen LogP contribution in [0.4, 0.5) is 5.82 Å². The lowest BCUT2D eigenvalue weighted by Crippen LogP contribution is -2.44. The van der Waals surface area contributed by atoms with Gasteiger partial charge in [-0.15, -0.1) is 0 Å². The largest absolute Gasteiger partial charge is 0.480 e. The first-order valence-electron chi connectivity index (χ1n) is 5.09. The second-order valence-electron chi connectivity index (χ2n) is 3.78. The van der Waals surface area contributed by atoms with Gasteiger partial charge in [0.2, 0.25) is 0 Å². The summed E-state index contributed by atoms with van der Waals surface area (Å²) in [5, 5.41) is 11.2. The molecule has 1 amide bonds. The second kappa shape index (κ2) is 4.91. The third kappa shape index (κ3) is 2.59. The Morgan fingerprint density at radius 1 is 1.72 bits per heavy atom. The summed E-state index contributed by atoms with van der Waals surface area (Å²) in [6.45, 7) is 0. The minimum atomic E-state index is -1.18. The molecular weight excluding hydrogens is 306 g/mol. The molecular formula is C10H10BrN3O4. The van der Waals surface area contributed by atoms with Crippen LogP contribution in [0.15, 0.2) is 16.7 Å². The van der Waals surface area contributed by atoms with Crippen LogP contribution in [0.3, 0.4) is 0 Å². The molecule has 2 heterocycles. The van der Waals surface area contributed by atoms with Gasteiger partial charge in [0.15, 0.2) is 17.7 Å². The Balaban J connectivity index is 2.17. The maximum absolute atomic E-state index is 11.7. The van der Waals surface area contributed by atoms with Gasteiger partial charge in [-0.1, -0.05) is 0 Å². The van der Waals surface area contributed by atoms with Crippen molar-refractivity contribution in [2.24, 2.45) is 5.73 Å². The van der Waals surface area contributed by atoms with Gasteiger partial charge in [0.05, 0.1) is 0 Å². The van der Waals surface area contributed by atoms with Crippen LogP contribution in [0.1, 0.15) is 6.42 Å². The Morgan fingerprint density at radius 2 is 2.44 bits per heavy atom. The first kappa shape index (κ1) is 12.8. The lowest BCUT2D eigenvalue weighted by molar-refractivity contribution is -0.139. The normalized spacial score (nSPS) is 19.4. The van der Waals surface area contributed by atoms with E-state index < -0.39 is 24.0 Å². The van der Waals surface area contributed by atoms with Crippen molar-refractivity contribution in [3.05, 3.63) is 16.7 Å². The van der Waals surface area contributed by atoms with Crippen molar-refractivity contribution in [3.8, 4) is 5.75 Å². The van der Waals surface area contributed by atoms with E-state index in [1.165, 1.54) is 6.20 Å². The molecule has 2 unspecified atom stereocenters. The number of rotatable bonds is 3. The molecule has 8 heteroatoms. The molecule has 2 rings (SSSR count). The van der Waals surface area contributed by atoms with Gasteiger partial charge in [0.1, 0.15) is 6.04 Å². The minimum absolute atomic E-state index is 0.104. The van der Waals surface area contributed by atoms with E-state index in [9.17, 15) is 9.59 Å². The number of carboxylic acids is 1. The molecule has 0 radical (unpaired) electrons. The molecule has 0 fully saturated rings. The summed E-state index contributed by atoms with van der Waals surface area (Å²) in [5.74, 6) is -0.937. The van der Waals surface area contributed by atoms with E-state index in [0.29, 0.717) is 16.0 Å². The molecule has 1 aliphatic heterocycles. The molecule has 0 aromatic carbocycles. The van der Waals surface area contributed by atoms with Gasteiger partial charge in [-0.3, -0.25) is 9.59 Å². The smallest absolute Gasteiger partial charge is 0.320 e. The number of nitrogens with two attached hydrogens (primary N) is 1. The van der Waals surface area contributed by atoms with Crippen LogP contribution in [0, 0.1) is 0 Å². The van der Waals surface area contributed by atoms with Gasteiger partial charge in [0, 0.05) is 17.1 Å². The summed E-state index contributed by atoms with van der Waals surface area (Å²) in [6, 6.07) is 0.489. The van der Waals surface area contributed by atoms with Crippen LogP contribution >= 0.6 is 15.9 Å². The first-order chi connectivity index (χ1) is 8.47. The zero-order valence-electron chi connectivity index (χ0n) is 9.09. The summed E-state index contributed by atoms with van der Waals surface area (Å²) in [5.41, 5.74) is 5.37. The van der Waals surface area contributed by atoms with Crippen molar-refractivity contribution in [2.75, 3.05) is 5.32 Å². The Kier molecular flexibility index (Phi) is 3.48. The quantitative estimate of drug-likeness (QED) is 0.741. The number of amides is 1. The molecule has 1 aromatic heterocycles. The highest BCUT2D eigenvalue weighted by atomic mass is 79.9. The molecule has 7 nitrogen and oxygen atoms in total. The average molecular weight is 316 g/mol. The highest BCUT2D eigenvalue weighted by Gasteiger charge is 2.31. The van der Waals surface area contributed by atoms with Crippen molar-refractivity contribution in [2.45, 2.75) is 18.6 Å². The maximum Gasteiger partial charge on any atom is 0.320 e. The number of halogens is 1. The van der Waals surface area contributed by atoms with E-state index in [0.717, 1.165) is 0 Å². The van der Waals surface area contributed by atoms with E-state index in [-0.39, 0.29) is 6.42 Å². The third-order valence-electron chi connectivity index (χ3n) is 2.41. The van der Waals surface area contributed by atoms with E-state index in [4.69, 9.17) is 15.6 Å². The van der Waals surface area contributed by atoms with E-state index in [2.05, 4.69) is 26.2 Å². The molecule has 4 N–H and O–H groups in total. The van der Waals surface area contributed by atoms with Crippen LogP contribution in [-0.2, 0) is 9.59 Å². The Hall–Kier alpha value is -1.67. The van der Waals surface area contributed by atoms with Crippen molar-refractivity contribution in [1.82, 2.24) is 4.98 Å². The van der Waals surface area contributed by atoms with Crippen molar-refractivity contribution in [3.63, 3.8) is 0 Å². The highest BCUT2D eigenvalue weighted by Crippen LogP contribution is 2.30. The van der Waals surface area contributed by atoms with Gasteiger partial charge in [0.25, 0.3) is 5.91 Å². The fraction of sp³-hybridized carbons (Fsp3) is 0.300. The van der Waals surface area contributed by atoms with Crippen LogP contribution in [-0.4, -0.2) is 34.1 Å². The summed E-state index contributed by atoms with van der Waals surface area (Å²) < 4.78 is 6.09. The minimum Gasteiger partial charge on any atom is -0.480 e. The number of carboxylic acid groups (broad SMARTS) is 1. The van der Waals surface area contributed by atoms with Gasteiger partial charge in [-0.2, -0.15) is 0 Å². The summed E-state index contributed by atoms with van der Waals surface area (Å²) in [7, 11) is 0. The topological polar surface area (TPSA) is 115 Å². The predicted octanol–water partition coefficient (Wildman–Crippen LogP) is 0.346. The van der Waals surface area contributed by atoms with Gasteiger partial charge < -0.3 is 20.9 Å². The van der Waals surface area contributed by atoms with Crippen LogP contribution in [0.25, 0.3) is 0 Å². The molecule has 1 aromatic rings. The molecule has 0 spiro atoms. The van der Waals surface area contributed by atoms with E-state index in [1.54, 1.807) is 6.07 Å². The maximum atomic E-state index is 11.7. The highest BCUT2D eigenvalue weighted by molar-refractivity contribution is 9.10. The zero-order valence-corrected chi connectivity index (χ0v) is 10.7. The van der Waals surface area contributed by atoms with Crippen molar-refractivity contribution in [1.29, 1.82) is 0 Å². The number of carbonyl (C=O) groups excluding carboxylic acids is 1. The van der Waals surface area contributed by atoms with E-state index in [1.807, 2.05) is 0 Å². The fourth-order valence-electron chi connectivity index (χ4n) is 1.49. The van der Waals surface area contributed by atoms with Gasteiger partial charge in [-0.05, 0) is 22.0 Å². The fourth-order valence-corrected chi connectivity index (χ4v) is 1.81. The second-order valence-corrected chi connectivity index (χ2v) is 4.69. The van der Waals surface area contributed by atoms with Crippen LogP contribution in [0.5, 0.6) is 5.75 Å². The number of nitrogens with one attached hydrogen (secondary N) is 1. The number of aliphatic carboxylic acids is 1. The van der Waals surface area contributed by atoms with Gasteiger partial charge in [-0.25, -0.2) is 4.98 Å². The molecule has 1 aliphatic rings. The van der Waals surface area contributed by atoms with Gasteiger partial charge >= 0.3 is 5.97 Å². The molecule has 96 valence electrons. The zero-order chi connectivity index (χ0) is 13.3. The Labute approximate surface area is 110 Å². The molecule has 2 atom stereocenters. The summed E-state index contributed by atoms with van der Waals surface area (Å²) >= 11 is 3.23. The lowest BCUT2D eigenvalue weighted by Gasteiger charge is -2.25. The molecule has 0 aliphatic carbocycles. The molecule has 0 saturated carbocycles. The first-order valence-corrected chi connectivity index (χ1v) is 5.88. The van der Waals surface area contributed by atoms with Crippen molar-refractivity contribution >= 4 is 33.6 Å². The standard InChI is InChI=1S/C10H10BrN3O4/c11-4-1-6-8(13-3-4)14-9(15)7(18-6)2-5(12)10(16)17/h1,3,5,7H,2,12H2,(H,16,17)(H,13,14,15). The monoisotopic (exact) mass is 315 g/mol. The molecule has 0 bridgehead atoms. The number of fused-ring (bicyclic) bond motifs is 1. The molecule has 0 saturated heterocycles. The van der Waals surface area contributed by atoms with E-state index >= 15 is 0 Å². The Bertz CT molecular complexity index is 508. The number of aromatic nitrogens is 1. The number of carbonyl (C=O) groups is 2. The Morgan fingerprint density at radius 3 is 3.11 bits per heavy atom. The summed E-state index contributed by atoms with van der Waals surface area (Å²) in [6.07, 6.45) is 0.485. The number of hydrogen-bond donors (Lipinski definition) is 3. The third-order valence-corrected chi connectivity index (χ3v) is 2.84. The van der Waals surface area contributed by atoms with Crippen molar-refractivity contribution < 1.29 is 19.4 Å². The SMILES string of the molecule is NC(CC1Oc2cc(Br)cnc2NC1=O)C(=O)O. The predicted molar refractivity (Wildman–Crippen MR) is 65.2 cm³/mol. The average Bonchev–Trinajstić information content (AvgIpc) is 2.30. The number of hydrogen-bond acceptors (Lipinski definition) is 5. The number of anilines is 1. The number of pyridine rings is 1. The van der Waals surface area contributed by atoms with Crippen LogP contribution in [0.2, 0.25) is 0 Å². The number of nitrogens with zero attached hydrogens (tertiary/aromatic N) is 1. The van der Waals surface area contributed by atoms with Crippen LogP contribution < -0.4 is 15.8 Å². The molecule has 18 heavy (non-hydrogen) atoms.